The number of allylic oxidation sites excluding steroid dienone is 1. The molecule has 5 heteroatoms. The zero-order valence-corrected chi connectivity index (χ0v) is 13.9. The van der Waals surface area contributed by atoms with Crippen molar-refractivity contribution in [2.75, 3.05) is 0 Å². The average Bonchev–Trinajstić information content (AvgIpc) is 2.87. The molecule has 0 fully saturated rings. The number of hydrogen-bond donors (Lipinski definition) is 0. The third-order valence-electron chi connectivity index (χ3n) is 3.43. The second-order valence-electron chi connectivity index (χ2n) is 6.11. The van der Waals surface area contributed by atoms with Crippen molar-refractivity contribution < 1.29 is 0 Å². The van der Waals surface area contributed by atoms with Gasteiger partial charge in [-0.25, -0.2) is 4.98 Å². The SMILES string of the molecule is CC(C)(C)C(C=Cc1ccc(Cl)cc1Cl)Cn1cncn1. The van der Waals surface area contributed by atoms with Gasteiger partial charge >= 0.3 is 0 Å². The summed E-state index contributed by atoms with van der Waals surface area (Å²) >= 11 is 12.1. The van der Waals surface area contributed by atoms with Crippen molar-refractivity contribution >= 4 is 29.3 Å². The summed E-state index contributed by atoms with van der Waals surface area (Å²) in [6.07, 6.45) is 7.52. The summed E-state index contributed by atoms with van der Waals surface area (Å²) < 4.78 is 1.85. The molecule has 1 aromatic heterocycles. The fourth-order valence-electron chi connectivity index (χ4n) is 2.01. The lowest BCUT2D eigenvalue weighted by atomic mass is 9.80. The van der Waals surface area contributed by atoms with Gasteiger partial charge in [-0.15, -0.1) is 0 Å². The summed E-state index contributed by atoms with van der Waals surface area (Å²) in [5, 5.41) is 5.49. The molecule has 2 aromatic rings. The normalized spacial score (nSPS) is 13.8. The van der Waals surface area contributed by atoms with Crippen LogP contribution in [0.3, 0.4) is 0 Å². The third-order valence-corrected chi connectivity index (χ3v) is 4.00. The largest absolute Gasteiger partial charge is 0.252 e. The molecule has 0 N–H and O–H groups in total. The van der Waals surface area contributed by atoms with E-state index in [2.05, 4.69) is 36.9 Å². The van der Waals surface area contributed by atoms with E-state index in [4.69, 9.17) is 23.2 Å². The van der Waals surface area contributed by atoms with Gasteiger partial charge in [0.25, 0.3) is 0 Å². The van der Waals surface area contributed by atoms with Gasteiger partial charge in [-0.05, 0) is 23.1 Å². The van der Waals surface area contributed by atoms with Crippen LogP contribution in [-0.2, 0) is 6.54 Å². The average molecular weight is 324 g/mol. The molecule has 1 aromatic carbocycles. The van der Waals surface area contributed by atoms with E-state index >= 15 is 0 Å². The zero-order chi connectivity index (χ0) is 15.5. The van der Waals surface area contributed by atoms with Gasteiger partial charge in [0.1, 0.15) is 12.7 Å². The van der Waals surface area contributed by atoms with Gasteiger partial charge < -0.3 is 0 Å². The lowest BCUT2D eigenvalue weighted by Crippen LogP contribution is -2.23. The van der Waals surface area contributed by atoms with Gasteiger partial charge in [0.15, 0.2) is 0 Å². The minimum Gasteiger partial charge on any atom is -0.252 e. The molecule has 112 valence electrons. The van der Waals surface area contributed by atoms with Gasteiger partial charge in [0.05, 0.1) is 0 Å². The lowest BCUT2D eigenvalue weighted by molar-refractivity contribution is 0.256. The first kappa shape index (κ1) is 16.1. The van der Waals surface area contributed by atoms with Crippen LogP contribution in [0.25, 0.3) is 6.08 Å². The zero-order valence-electron chi connectivity index (χ0n) is 12.4. The summed E-state index contributed by atoms with van der Waals surface area (Å²) in [4.78, 5) is 3.99. The molecule has 0 aliphatic heterocycles. The molecule has 0 radical (unpaired) electrons. The summed E-state index contributed by atoms with van der Waals surface area (Å²) in [5.41, 5.74) is 1.08. The Morgan fingerprint density at radius 3 is 2.62 bits per heavy atom. The quantitative estimate of drug-likeness (QED) is 0.796. The minimum absolute atomic E-state index is 0.112. The number of aromatic nitrogens is 3. The first-order valence-corrected chi connectivity index (χ1v) is 7.57. The molecule has 0 bridgehead atoms. The molecule has 0 saturated heterocycles. The summed E-state index contributed by atoms with van der Waals surface area (Å²) in [5.74, 6) is 0.311. The molecule has 2 rings (SSSR count). The van der Waals surface area contributed by atoms with E-state index in [9.17, 15) is 0 Å². The van der Waals surface area contributed by atoms with Crippen molar-refractivity contribution in [2.24, 2.45) is 11.3 Å². The maximum Gasteiger partial charge on any atom is 0.137 e. The molecule has 21 heavy (non-hydrogen) atoms. The molecule has 1 heterocycles. The first-order valence-electron chi connectivity index (χ1n) is 6.82. The molecule has 1 unspecified atom stereocenters. The van der Waals surface area contributed by atoms with Crippen LogP contribution in [0, 0.1) is 11.3 Å². The van der Waals surface area contributed by atoms with Crippen molar-refractivity contribution in [3.63, 3.8) is 0 Å². The fourth-order valence-corrected chi connectivity index (χ4v) is 2.48. The van der Waals surface area contributed by atoms with Gasteiger partial charge in [0, 0.05) is 22.5 Å². The maximum absolute atomic E-state index is 6.21. The van der Waals surface area contributed by atoms with Crippen molar-refractivity contribution in [3.8, 4) is 0 Å². The van der Waals surface area contributed by atoms with Crippen LogP contribution < -0.4 is 0 Å². The van der Waals surface area contributed by atoms with E-state index in [0.717, 1.165) is 12.1 Å². The number of hydrogen-bond acceptors (Lipinski definition) is 2. The number of halogens is 2. The molecule has 0 aliphatic carbocycles. The molecule has 0 aliphatic rings. The Morgan fingerprint density at radius 2 is 2.05 bits per heavy atom. The third kappa shape index (κ3) is 4.58. The molecule has 0 amide bonds. The molecular formula is C16H19Cl2N3. The standard InChI is InChI=1S/C16H19Cl2N3/c1-16(2,3)13(9-21-11-19-10-20-21)6-4-12-5-7-14(17)8-15(12)18/h4-8,10-11,13H,9H2,1-3H3. The van der Waals surface area contributed by atoms with E-state index in [0.29, 0.717) is 16.0 Å². The van der Waals surface area contributed by atoms with Gasteiger partial charge in [0.2, 0.25) is 0 Å². The Morgan fingerprint density at radius 1 is 1.29 bits per heavy atom. The second-order valence-corrected chi connectivity index (χ2v) is 6.96. The van der Waals surface area contributed by atoms with Crippen LogP contribution in [-0.4, -0.2) is 14.8 Å². The van der Waals surface area contributed by atoms with E-state index in [-0.39, 0.29) is 5.41 Å². The lowest BCUT2D eigenvalue weighted by Gasteiger charge is -2.28. The monoisotopic (exact) mass is 323 g/mol. The number of benzene rings is 1. The van der Waals surface area contributed by atoms with Crippen LogP contribution in [0.4, 0.5) is 0 Å². The predicted molar refractivity (Wildman–Crippen MR) is 88.5 cm³/mol. The van der Waals surface area contributed by atoms with E-state index < -0.39 is 0 Å². The maximum atomic E-state index is 6.21. The molecular weight excluding hydrogens is 305 g/mol. The second kappa shape index (κ2) is 6.63. The molecule has 0 saturated carbocycles. The Labute approximate surface area is 135 Å². The van der Waals surface area contributed by atoms with E-state index in [1.807, 2.05) is 22.9 Å². The smallest absolute Gasteiger partial charge is 0.137 e. The van der Waals surface area contributed by atoms with Crippen LogP contribution in [0.2, 0.25) is 10.0 Å². The Balaban J connectivity index is 2.20. The molecule has 0 spiro atoms. The highest BCUT2D eigenvalue weighted by Crippen LogP contribution is 2.30. The number of rotatable bonds is 4. The van der Waals surface area contributed by atoms with Crippen molar-refractivity contribution in [1.82, 2.24) is 14.8 Å². The van der Waals surface area contributed by atoms with Gasteiger partial charge in [-0.3, -0.25) is 4.68 Å². The van der Waals surface area contributed by atoms with Crippen molar-refractivity contribution in [2.45, 2.75) is 27.3 Å². The summed E-state index contributed by atoms with van der Waals surface area (Å²) in [6.45, 7) is 7.42. The summed E-state index contributed by atoms with van der Waals surface area (Å²) in [6, 6.07) is 5.53. The number of nitrogens with zero attached hydrogens (tertiary/aromatic N) is 3. The van der Waals surface area contributed by atoms with Gasteiger partial charge in [-0.2, -0.15) is 5.10 Å². The highest BCUT2D eigenvalue weighted by atomic mass is 35.5. The van der Waals surface area contributed by atoms with Crippen LogP contribution in [0.15, 0.2) is 36.9 Å². The topological polar surface area (TPSA) is 30.7 Å². The highest BCUT2D eigenvalue weighted by Gasteiger charge is 2.22. The predicted octanol–water partition coefficient (Wildman–Crippen LogP) is 4.96. The van der Waals surface area contributed by atoms with Crippen LogP contribution in [0.1, 0.15) is 26.3 Å². The summed E-state index contributed by atoms with van der Waals surface area (Å²) in [7, 11) is 0. The van der Waals surface area contributed by atoms with Crippen molar-refractivity contribution in [3.05, 3.63) is 52.5 Å². The Kier molecular flexibility index (Phi) is 5.07. The fraction of sp³-hybridized carbons (Fsp3) is 0.375. The van der Waals surface area contributed by atoms with Crippen LogP contribution >= 0.6 is 23.2 Å². The van der Waals surface area contributed by atoms with E-state index in [1.165, 1.54) is 0 Å². The van der Waals surface area contributed by atoms with Crippen LogP contribution in [0.5, 0.6) is 0 Å². The Hall–Kier alpha value is -1.32. The molecule has 1 atom stereocenters. The first-order chi connectivity index (χ1) is 9.86. The molecule has 3 nitrogen and oxygen atoms in total. The minimum atomic E-state index is 0.112. The van der Waals surface area contributed by atoms with E-state index in [1.54, 1.807) is 18.7 Å². The van der Waals surface area contributed by atoms with Crippen molar-refractivity contribution in [1.29, 1.82) is 0 Å². The highest BCUT2D eigenvalue weighted by molar-refractivity contribution is 6.35. The Bertz CT molecular complexity index is 613. The van der Waals surface area contributed by atoms with Gasteiger partial charge in [-0.1, -0.05) is 62.2 Å².